The van der Waals surface area contributed by atoms with Gasteiger partial charge in [-0.1, -0.05) is 45.9 Å². The number of nitrogens with zero attached hydrogens (tertiary/aromatic N) is 3. The number of likely N-dealkylation sites (tertiary alicyclic amines) is 1. The number of hydrogen-bond donors (Lipinski definition) is 0. The van der Waals surface area contributed by atoms with Gasteiger partial charge in [0.15, 0.2) is 0 Å². The van der Waals surface area contributed by atoms with E-state index in [9.17, 15) is 0 Å². The minimum absolute atomic E-state index is 0.381. The minimum Gasteiger partial charge on any atom is -0.306 e. The van der Waals surface area contributed by atoms with Crippen LogP contribution in [0.2, 0.25) is 0 Å². The molecular weight excluding hydrogens is 270 g/mol. The van der Waals surface area contributed by atoms with E-state index in [4.69, 9.17) is 0 Å². The van der Waals surface area contributed by atoms with Gasteiger partial charge in [0.25, 0.3) is 0 Å². The van der Waals surface area contributed by atoms with Gasteiger partial charge in [-0.2, -0.15) is 10.2 Å². The Morgan fingerprint density at radius 1 is 1.27 bits per heavy atom. The Morgan fingerprint density at radius 2 is 1.77 bits per heavy atom. The van der Waals surface area contributed by atoms with Crippen LogP contribution in [0.3, 0.4) is 0 Å². The van der Waals surface area contributed by atoms with Gasteiger partial charge in [-0.15, -0.1) is 0 Å². The molecule has 128 valence electrons. The molecule has 0 saturated carbocycles. The predicted octanol–water partition coefficient (Wildman–Crippen LogP) is 5.56. The summed E-state index contributed by atoms with van der Waals surface area (Å²) in [5.41, 5.74) is 2.82. The van der Waals surface area contributed by atoms with Gasteiger partial charge in [-0.25, -0.2) is 0 Å². The fourth-order valence-corrected chi connectivity index (χ4v) is 2.53. The van der Waals surface area contributed by atoms with Gasteiger partial charge < -0.3 is 4.90 Å². The minimum atomic E-state index is 0.381. The summed E-state index contributed by atoms with van der Waals surface area (Å²) in [6, 6.07) is 0. The second-order valence-electron chi connectivity index (χ2n) is 7.53. The molecule has 0 aromatic rings. The first kappa shape index (κ1) is 21.0. The van der Waals surface area contributed by atoms with Crippen molar-refractivity contribution in [1.29, 1.82) is 0 Å². The lowest BCUT2D eigenvalue weighted by atomic mass is 9.78. The number of hydrogen-bond acceptors (Lipinski definition) is 3. The van der Waals surface area contributed by atoms with Crippen molar-refractivity contribution < 1.29 is 0 Å². The van der Waals surface area contributed by atoms with Gasteiger partial charge in [-0.05, 0) is 58.2 Å². The number of azo groups is 1. The van der Waals surface area contributed by atoms with E-state index in [1.54, 1.807) is 7.05 Å². The second-order valence-corrected chi connectivity index (χ2v) is 7.53. The molecule has 1 aliphatic rings. The number of allylic oxidation sites excluding steroid dienone is 3. The average Bonchev–Trinajstić information content (AvgIpc) is 2.44. The molecule has 3 heteroatoms. The van der Waals surface area contributed by atoms with Gasteiger partial charge in [-0.3, -0.25) is 0 Å². The van der Waals surface area contributed by atoms with Crippen molar-refractivity contribution in [1.82, 2.24) is 4.90 Å². The first-order valence-electron chi connectivity index (χ1n) is 8.43. The molecule has 1 heterocycles. The highest BCUT2D eigenvalue weighted by Gasteiger charge is 2.20. The van der Waals surface area contributed by atoms with Crippen LogP contribution in [0.25, 0.3) is 0 Å². The summed E-state index contributed by atoms with van der Waals surface area (Å²) >= 11 is 0. The maximum atomic E-state index is 4.16. The van der Waals surface area contributed by atoms with E-state index in [0.717, 1.165) is 5.70 Å². The lowest BCUT2D eigenvalue weighted by Crippen LogP contribution is -2.30. The Bertz CT molecular complexity index is 380. The van der Waals surface area contributed by atoms with Crippen LogP contribution in [0.1, 0.15) is 54.4 Å². The van der Waals surface area contributed by atoms with Crippen molar-refractivity contribution in [3.8, 4) is 0 Å². The standard InChI is InChI=1S/C10H19N3.C9H18/c1-4-10(12-11-2)9-5-7-13(3)8-6-9;1-7(2)8(3)9(4,5)6/h4,9H,5-8H2,1-3H3;8H,1H2,2-6H3/b10-4-,12-11?;/t;8-/m.1/s1. The summed E-state index contributed by atoms with van der Waals surface area (Å²) in [7, 11) is 3.91. The van der Waals surface area contributed by atoms with Crippen LogP contribution in [-0.4, -0.2) is 32.1 Å². The third-order valence-electron chi connectivity index (χ3n) is 4.69. The van der Waals surface area contributed by atoms with E-state index < -0.39 is 0 Å². The lowest BCUT2D eigenvalue weighted by molar-refractivity contribution is 0.236. The van der Waals surface area contributed by atoms with Gasteiger partial charge in [0, 0.05) is 13.0 Å². The topological polar surface area (TPSA) is 28.0 Å². The first-order valence-corrected chi connectivity index (χ1v) is 8.43. The van der Waals surface area contributed by atoms with Crippen LogP contribution in [-0.2, 0) is 0 Å². The molecule has 0 bridgehead atoms. The Kier molecular flexibility index (Phi) is 9.50. The highest BCUT2D eigenvalue weighted by molar-refractivity contribution is 5.04. The largest absolute Gasteiger partial charge is 0.306 e. The van der Waals surface area contributed by atoms with Gasteiger partial charge in [0.05, 0.1) is 5.70 Å². The molecule has 0 N–H and O–H groups in total. The van der Waals surface area contributed by atoms with Gasteiger partial charge >= 0.3 is 0 Å². The van der Waals surface area contributed by atoms with E-state index in [1.807, 2.05) is 6.92 Å². The second kappa shape index (κ2) is 9.94. The zero-order valence-electron chi connectivity index (χ0n) is 16.1. The van der Waals surface area contributed by atoms with Crippen molar-refractivity contribution in [2.24, 2.45) is 27.5 Å². The SMILES string of the molecule is C/C=C(\N=NC)C1CCN(C)CC1.C=C(C)[C@@H](C)C(C)(C)C. The molecule has 1 atom stereocenters. The predicted molar refractivity (Wildman–Crippen MR) is 98.2 cm³/mol. The highest BCUT2D eigenvalue weighted by atomic mass is 15.1. The summed E-state index contributed by atoms with van der Waals surface area (Å²) in [5, 5.41) is 8.00. The van der Waals surface area contributed by atoms with Crippen LogP contribution < -0.4 is 0 Å². The molecule has 3 nitrogen and oxygen atoms in total. The number of rotatable bonds is 3. The van der Waals surface area contributed by atoms with Gasteiger partial charge in [0.1, 0.15) is 0 Å². The van der Waals surface area contributed by atoms with E-state index in [1.165, 1.54) is 31.5 Å². The summed E-state index contributed by atoms with van der Waals surface area (Å²) in [4.78, 5) is 2.37. The van der Waals surface area contributed by atoms with E-state index >= 15 is 0 Å². The number of piperidine rings is 1. The maximum absolute atomic E-state index is 4.16. The van der Waals surface area contributed by atoms with Crippen LogP contribution in [0, 0.1) is 17.3 Å². The van der Waals surface area contributed by atoms with E-state index in [2.05, 4.69) is 69.4 Å². The normalized spacial score (nSPS) is 19.7. The Morgan fingerprint density at radius 3 is 2.05 bits per heavy atom. The molecule has 22 heavy (non-hydrogen) atoms. The van der Waals surface area contributed by atoms with Crippen molar-refractivity contribution in [2.75, 3.05) is 27.2 Å². The van der Waals surface area contributed by atoms with Crippen LogP contribution in [0.15, 0.2) is 34.2 Å². The molecule has 0 aromatic heterocycles. The summed E-state index contributed by atoms with van der Waals surface area (Å²) < 4.78 is 0. The molecule has 0 amide bonds. The first-order chi connectivity index (χ1) is 10.1. The molecule has 1 rings (SSSR count). The summed E-state index contributed by atoms with van der Waals surface area (Å²) in [6.07, 6.45) is 4.52. The van der Waals surface area contributed by atoms with E-state index in [0.29, 0.717) is 17.3 Å². The summed E-state index contributed by atoms with van der Waals surface area (Å²) in [6.45, 7) is 19.4. The van der Waals surface area contributed by atoms with Crippen molar-refractivity contribution >= 4 is 0 Å². The molecule has 0 unspecified atom stereocenters. The third kappa shape index (κ3) is 7.88. The Balaban J connectivity index is 0.000000433. The quantitative estimate of drug-likeness (QED) is 0.495. The molecule has 1 saturated heterocycles. The summed E-state index contributed by atoms with van der Waals surface area (Å²) in [5.74, 6) is 1.25. The van der Waals surface area contributed by atoms with Crippen LogP contribution in [0.5, 0.6) is 0 Å². The van der Waals surface area contributed by atoms with E-state index in [-0.39, 0.29) is 0 Å². The molecule has 0 spiro atoms. The van der Waals surface area contributed by atoms with Crippen LogP contribution in [0.4, 0.5) is 0 Å². The highest BCUT2D eigenvalue weighted by Crippen LogP contribution is 2.29. The monoisotopic (exact) mass is 307 g/mol. The van der Waals surface area contributed by atoms with Crippen molar-refractivity contribution in [3.05, 3.63) is 23.9 Å². The average molecular weight is 308 g/mol. The molecule has 0 aliphatic carbocycles. The fraction of sp³-hybridized carbons (Fsp3) is 0.789. The molecule has 1 fully saturated rings. The van der Waals surface area contributed by atoms with Crippen LogP contribution >= 0.6 is 0 Å². The van der Waals surface area contributed by atoms with Gasteiger partial charge in [0.2, 0.25) is 0 Å². The smallest absolute Gasteiger partial charge is 0.0615 e. The fourth-order valence-electron chi connectivity index (χ4n) is 2.53. The molecule has 0 aromatic carbocycles. The van der Waals surface area contributed by atoms with Crippen molar-refractivity contribution in [3.63, 3.8) is 0 Å². The zero-order valence-corrected chi connectivity index (χ0v) is 16.1. The maximum Gasteiger partial charge on any atom is 0.0615 e. The Labute approximate surface area is 138 Å². The lowest BCUT2D eigenvalue weighted by Gasteiger charge is -2.28. The molecular formula is C19H37N3. The molecule has 0 radical (unpaired) electrons. The third-order valence-corrected chi connectivity index (χ3v) is 4.69. The molecule has 1 aliphatic heterocycles. The van der Waals surface area contributed by atoms with Crippen molar-refractivity contribution in [2.45, 2.75) is 54.4 Å². The Hall–Kier alpha value is -0.960. The zero-order chi connectivity index (χ0) is 17.3.